The van der Waals surface area contributed by atoms with Gasteiger partial charge in [0.2, 0.25) is 5.75 Å². The van der Waals surface area contributed by atoms with E-state index in [0.717, 1.165) is 0 Å². The van der Waals surface area contributed by atoms with E-state index in [1.807, 2.05) is 0 Å². The first-order valence-electron chi connectivity index (χ1n) is 4.88. The van der Waals surface area contributed by atoms with Gasteiger partial charge in [-0.3, -0.25) is 0 Å². The number of nitrogens with one attached hydrogen (secondary N) is 1. The molecule has 0 aliphatic carbocycles. The molecule has 1 rings (SSSR count). The molecule has 6 N–H and O–H groups in total. The molecule has 7 heteroatoms. The van der Waals surface area contributed by atoms with Gasteiger partial charge in [0.25, 0.3) is 0 Å². The number of carbonyl (C=O) groups excluding carboxylic acids is 1. The molecule has 0 saturated carbocycles. The van der Waals surface area contributed by atoms with Gasteiger partial charge in [0.15, 0.2) is 11.5 Å². The van der Waals surface area contributed by atoms with E-state index in [4.69, 9.17) is 10.8 Å². The molecule has 0 fully saturated rings. The first-order valence-corrected chi connectivity index (χ1v) is 4.88. The lowest BCUT2D eigenvalue weighted by Crippen LogP contribution is -2.23. The van der Waals surface area contributed by atoms with Crippen molar-refractivity contribution in [1.82, 2.24) is 5.32 Å². The highest BCUT2D eigenvalue weighted by Crippen LogP contribution is 2.36. The molecule has 0 spiro atoms. The summed E-state index contributed by atoms with van der Waals surface area (Å²) in [6.45, 7) is 0.714. The van der Waals surface area contributed by atoms with Crippen LogP contribution in [0.4, 0.5) is 4.79 Å². The summed E-state index contributed by atoms with van der Waals surface area (Å²) < 4.78 is 4.48. The van der Waals surface area contributed by atoms with Crippen LogP contribution >= 0.6 is 0 Å². The van der Waals surface area contributed by atoms with E-state index >= 15 is 0 Å². The van der Waals surface area contributed by atoms with Gasteiger partial charge in [0.05, 0.1) is 0 Å². The number of amides is 1. The highest BCUT2D eigenvalue weighted by Gasteiger charge is 2.10. The van der Waals surface area contributed by atoms with E-state index in [9.17, 15) is 15.0 Å². The molecule has 0 heterocycles. The molecule has 0 saturated heterocycles. The molecule has 94 valence electrons. The minimum Gasteiger partial charge on any atom is -0.504 e. The fraction of sp³-hybridized carbons (Fsp3) is 0.300. The second-order valence-electron chi connectivity index (χ2n) is 3.29. The Hall–Kier alpha value is -2.15. The zero-order valence-corrected chi connectivity index (χ0v) is 9.01. The van der Waals surface area contributed by atoms with Gasteiger partial charge >= 0.3 is 6.09 Å². The molecule has 0 bridgehead atoms. The van der Waals surface area contributed by atoms with Crippen molar-refractivity contribution in [3.63, 3.8) is 0 Å². The number of rotatable bonds is 5. The normalized spacial score (nSPS) is 10.1. The molecule has 0 aliphatic heterocycles. The average molecular weight is 242 g/mol. The van der Waals surface area contributed by atoms with Crippen LogP contribution in [0.15, 0.2) is 12.1 Å². The molecular weight excluding hydrogens is 228 g/mol. The smallest absolute Gasteiger partial charge is 0.404 e. The predicted octanol–water partition coefficient (Wildman–Crippen LogP) is -0.0117. The number of aromatic hydroxyl groups is 3. The van der Waals surface area contributed by atoms with Gasteiger partial charge in [-0.05, 0) is 6.07 Å². The molecule has 7 nitrogen and oxygen atoms in total. The van der Waals surface area contributed by atoms with Crippen molar-refractivity contribution in [2.75, 3.05) is 13.2 Å². The van der Waals surface area contributed by atoms with Crippen LogP contribution in [0, 0.1) is 0 Å². The maximum Gasteiger partial charge on any atom is 0.404 e. The Labute approximate surface area is 97.4 Å². The summed E-state index contributed by atoms with van der Waals surface area (Å²) in [5.41, 5.74) is 5.17. The summed E-state index contributed by atoms with van der Waals surface area (Å²) in [5, 5.41) is 30.7. The van der Waals surface area contributed by atoms with Gasteiger partial charge in [0, 0.05) is 18.7 Å². The molecule has 1 aromatic rings. The van der Waals surface area contributed by atoms with E-state index in [0.29, 0.717) is 12.1 Å². The van der Waals surface area contributed by atoms with Crippen molar-refractivity contribution in [1.29, 1.82) is 0 Å². The number of phenolic OH excluding ortho intramolecular Hbond substituents is 3. The minimum absolute atomic E-state index is 0.111. The topological polar surface area (TPSA) is 125 Å². The first kappa shape index (κ1) is 12.9. The van der Waals surface area contributed by atoms with Crippen molar-refractivity contribution < 1.29 is 24.9 Å². The van der Waals surface area contributed by atoms with Gasteiger partial charge in [-0.15, -0.1) is 0 Å². The Morgan fingerprint density at radius 3 is 2.65 bits per heavy atom. The van der Waals surface area contributed by atoms with Crippen molar-refractivity contribution in [2.45, 2.75) is 6.54 Å². The number of phenols is 3. The third-order valence-corrected chi connectivity index (χ3v) is 2.05. The van der Waals surface area contributed by atoms with E-state index in [2.05, 4.69) is 10.1 Å². The zero-order chi connectivity index (χ0) is 12.8. The highest BCUT2D eigenvalue weighted by atomic mass is 16.5. The van der Waals surface area contributed by atoms with Crippen LogP contribution in [0.5, 0.6) is 17.2 Å². The summed E-state index contributed by atoms with van der Waals surface area (Å²) >= 11 is 0. The van der Waals surface area contributed by atoms with Crippen LogP contribution in [0.2, 0.25) is 0 Å². The molecule has 1 aromatic carbocycles. The van der Waals surface area contributed by atoms with E-state index in [1.54, 1.807) is 0 Å². The number of primary amides is 1. The summed E-state index contributed by atoms with van der Waals surface area (Å²) in [7, 11) is 0. The largest absolute Gasteiger partial charge is 0.504 e. The maximum atomic E-state index is 10.2. The van der Waals surface area contributed by atoms with Crippen LogP contribution < -0.4 is 11.1 Å². The lowest BCUT2D eigenvalue weighted by molar-refractivity contribution is 0.157. The van der Waals surface area contributed by atoms with Crippen LogP contribution in [-0.4, -0.2) is 34.6 Å². The van der Waals surface area contributed by atoms with Crippen LogP contribution in [-0.2, 0) is 11.3 Å². The standard InChI is InChI=1S/C10H14N2O5/c11-10(16)17-4-3-12-5-6-1-2-7(13)9(15)8(6)14/h1-2,12-15H,3-5H2,(H2,11,16). The third kappa shape index (κ3) is 3.72. The molecule has 0 aromatic heterocycles. The minimum atomic E-state index is -0.850. The first-order chi connectivity index (χ1) is 8.02. The quantitative estimate of drug-likeness (QED) is 0.365. The molecule has 0 radical (unpaired) electrons. The monoisotopic (exact) mass is 242 g/mol. The molecule has 0 atom stereocenters. The van der Waals surface area contributed by atoms with E-state index in [-0.39, 0.29) is 24.7 Å². The fourth-order valence-corrected chi connectivity index (χ4v) is 1.20. The van der Waals surface area contributed by atoms with Crippen LogP contribution in [0.25, 0.3) is 0 Å². The number of carbonyl (C=O) groups is 1. The van der Waals surface area contributed by atoms with Crippen LogP contribution in [0.1, 0.15) is 5.56 Å². The molecule has 0 unspecified atom stereocenters. The molecule has 1 amide bonds. The summed E-state index contributed by atoms with van der Waals surface area (Å²) in [6.07, 6.45) is -0.850. The van der Waals surface area contributed by atoms with Crippen molar-refractivity contribution in [3.05, 3.63) is 17.7 Å². The number of hydrogen-bond donors (Lipinski definition) is 5. The number of benzene rings is 1. The Morgan fingerprint density at radius 1 is 1.29 bits per heavy atom. The van der Waals surface area contributed by atoms with Gasteiger partial charge in [-0.25, -0.2) is 4.79 Å². The van der Waals surface area contributed by atoms with Gasteiger partial charge in [-0.1, -0.05) is 6.07 Å². The van der Waals surface area contributed by atoms with E-state index in [1.165, 1.54) is 12.1 Å². The fourth-order valence-electron chi connectivity index (χ4n) is 1.20. The number of ether oxygens (including phenoxy) is 1. The lowest BCUT2D eigenvalue weighted by atomic mass is 10.1. The Kier molecular flexibility index (Phi) is 4.41. The van der Waals surface area contributed by atoms with Gasteiger partial charge in [0.1, 0.15) is 6.61 Å². The maximum absolute atomic E-state index is 10.2. The SMILES string of the molecule is NC(=O)OCCNCc1ccc(O)c(O)c1O. The molecule has 0 aliphatic rings. The highest BCUT2D eigenvalue weighted by molar-refractivity contribution is 5.64. The van der Waals surface area contributed by atoms with Crippen molar-refractivity contribution >= 4 is 6.09 Å². The van der Waals surface area contributed by atoms with E-state index < -0.39 is 11.8 Å². The summed E-state index contributed by atoms with van der Waals surface area (Å²) in [5.74, 6) is -1.32. The average Bonchev–Trinajstić information content (AvgIpc) is 2.28. The van der Waals surface area contributed by atoms with Gasteiger partial charge in [-0.2, -0.15) is 0 Å². The number of nitrogens with two attached hydrogens (primary N) is 1. The third-order valence-electron chi connectivity index (χ3n) is 2.05. The Morgan fingerprint density at radius 2 is 2.00 bits per heavy atom. The molecule has 17 heavy (non-hydrogen) atoms. The van der Waals surface area contributed by atoms with Gasteiger partial charge < -0.3 is 31.1 Å². The second-order valence-corrected chi connectivity index (χ2v) is 3.29. The molecular formula is C10H14N2O5. The second kappa shape index (κ2) is 5.80. The summed E-state index contributed by atoms with van der Waals surface area (Å²) in [4.78, 5) is 10.2. The van der Waals surface area contributed by atoms with Crippen molar-refractivity contribution in [2.24, 2.45) is 5.73 Å². The number of hydrogen-bond acceptors (Lipinski definition) is 6. The Balaban J connectivity index is 2.42. The lowest BCUT2D eigenvalue weighted by Gasteiger charge is -2.08. The Bertz CT molecular complexity index is 408. The van der Waals surface area contributed by atoms with Crippen molar-refractivity contribution in [3.8, 4) is 17.2 Å². The van der Waals surface area contributed by atoms with Crippen LogP contribution in [0.3, 0.4) is 0 Å². The summed E-state index contributed by atoms with van der Waals surface area (Å²) in [6, 6.07) is 2.73. The predicted molar refractivity (Wildman–Crippen MR) is 58.7 cm³/mol. The zero-order valence-electron chi connectivity index (χ0n) is 9.01.